The molecule has 5 heteroatoms. The quantitative estimate of drug-likeness (QED) is 0.620. The minimum absolute atomic E-state index is 0.0883. The Kier molecular flexibility index (Phi) is 4.50. The van der Waals surface area contributed by atoms with Gasteiger partial charge in [0.25, 0.3) is 5.69 Å². The van der Waals surface area contributed by atoms with Crippen LogP contribution < -0.4 is 0 Å². The molecule has 2 aromatic rings. The summed E-state index contributed by atoms with van der Waals surface area (Å²) in [7, 11) is 0. The first-order chi connectivity index (χ1) is 11.2. The second-order valence-electron chi connectivity index (χ2n) is 5.27. The summed E-state index contributed by atoms with van der Waals surface area (Å²) < 4.78 is 11.7. The number of non-ortho nitro benzene ring substituents is 1. The second kappa shape index (κ2) is 6.73. The van der Waals surface area contributed by atoms with Gasteiger partial charge >= 0.3 is 0 Å². The van der Waals surface area contributed by atoms with E-state index in [1.54, 1.807) is 12.1 Å². The molecule has 0 spiro atoms. The van der Waals surface area contributed by atoms with Crippen LogP contribution in [0.5, 0.6) is 0 Å². The monoisotopic (exact) mass is 311 g/mol. The number of hydrogen-bond acceptors (Lipinski definition) is 4. The third-order valence-corrected chi connectivity index (χ3v) is 3.77. The molecule has 0 amide bonds. The predicted molar refractivity (Wildman–Crippen MR) is 86.8 cm³/mol. The SMILES string of the molecule is O=[N+]([O-])c1ccc(/C=C/CC2(c3ccccc3)OCCO2)cc1. The van der Waals surface area contributed by atoms with Gasteiger partial charge in [0.15, 0.2) is 5.79 Å². The molecule has 0 aliphatic carbocycles. The molecule has 1 fully saturated rings. The normalized spacial score (nSPS) is 16.7. The average molecular weight is 311 g/mol. The fraction of sp³-hybridized carbons (Fsp3) is 0.222. The fourth-order valence-corrected chi connectivity index (χ4v) is 2.61. The van der Waals surface area contributed by atoms with Crippen molar-refractivity contribution in [2.75, 3.05) is 13.2 Å². The zero-order valence-electron chi connectivity index (χ0n) is 12.6. The highest BCUT2D eigenvalue weighted by atomic mass is 16.7. The molecule has 3 rings (SSSR count). The summed E-state index contributed by atoms with van der Waals surface area (Å²) in [4.78, 5) is 10.2. The molecule has 2 aromatic carbocycles. The zero-order chi connectivity index (χ0) is 16.1. The van der Waals surface area contributed by atoms with Crippen molar-refractivity contribution >= 4 is 11.8 Å². The highest BCUT2D eigenvalue weighted by molar-refractivity contribution is 5.51. The number of nitro groups is 1. The number of nitrogens with zero attached hydrogens (tertiary/aromatic N) is 1. The maximum Gasteiger partial charge on any atom is 0.269 e. The van der Waals surface area contributed by atoms with E-state index in [2.05, 4.69) is 0 Å². The molecule has 0 radical (unpaired) electrons. The first kappa shape index (κ1) is 15.4. The van der Waals surface area contributed by atoms with Crippen molar-refractivity contribution in [2.45, 2.75) is 12.2 Å². The highest BCUT2D eigenvalue weighted by Crippen LogP contribution is 2.35. The van der Waals surface area contributed by atoms with Crippen LogP contribution in [-0.2, 0) is 15.3 Å². The van der Waals surface area contributed by atoms with E-state index in [1.807, 2.05) is 42.5 Å². The van der Waals surface area contributed by atoms with Gasteiger partial charge in [-0.2, -0.15) is 0 Å². The summed E-state index contributed by atoms with van der Waals surface area (Å²) in [6.07, 6.45) is 4.47. The number of ether oxygens (including phenoxy) is 2. The van der Waals surface area contributed by atoms with Gasteiger partial charge in [0.1, 0.15) is 0 Å². The molecule has 1 aliphatic rings. The minimum Gasteiger partial charge on any atom is -0.343 e. The Labute approximate surface area is 134 Å². The minimum atomic E-state index is -0.738. The molecule has 0 unspecified atom stereocenters. The molecule has 0 atom stereocenters. The molecular formula is C18H17NO4. The van der Waals surface area contributed by atoms with E-state index in [0.29, 0.717) is 19.6 Å². The van der Waals surface area contributed by atoms with Gasteiger partial charge in [0.2, 0.25) is 0 Å². The third kappa shape index (κ3) is 3.47. The van der Waals surface area contributed by atoms with Crippen molar-refractivity contribution in [1.29, 1.82) is 0 Å². The van der Waals surface area contributed by atoms with Crippen LogP contribution in [-0.4, -0.2) is 18.1 Å². The summed E-state index contributed by atoms with van der Waals surface area (Å²) in [5.41, 5.74) is 1.98. The zero-order valence-corrected chi connectivity index (χ0v) is 12.6. The van der Waals surface area contributed by atoms with Crippen molar-refractivity contribution in [2.24, 2.45) is 0 Å². The van der Waals surface area contributed by atoms with Crippen LogP contribution in [0.2, 0.25) is 0 Å². The summed E-state index contributed by atoms with van der Waals surface area (Å²) in [6.45, 7) is 1.14. The van der Waals surface area contributed by atoms with Gasteiger partial charge in [-0.15, -0.1) is 0 Å². The molecule has 1 aliphatic heterocycles. The highest BCUT2D eigenvalue weighted by Gasteiger charge is 2.37. The topological polar surface area (TPSA) is 61.6 Å². The summed E-state index contributed by atoms with van der Waals surface area (Å²) in [5, 5.41) is 10.7. The third-order valence-electron chi connectivity index (χ3n) is 3.77. The van der Waals surface area contributed by atoms with Crippen LogP contribution in [0.1, 0.15) is 17.5 Å². The van der Waals surface area contributed by atoms with Gasteiger partial charge in [0, 0.05) is 24.1 Å². The Balaban J connectivity index is 1.73. The molecule has 0 bridgehead atoms. The molecule has 0 aromatic heterocycles. The summed E-state index contributed by atoms with van der Waals surface area (Å²) in [6, 6.07) is 16.3. The molecular weight excluding hydrogens is 294 g/mol. The van der Waals surface area contributed by atoms with E-state index < -0.39 is 10.7 Å². The van der Waals surface area contributed by atoms with Crippen LogP contribution in [0, 0.1) is 10.1 Å². The molecule has 1 heterocycles. The van der Waals surface area contributed by atoms with Crippen LogP contribution in [0.3, 0.4) is 0 Å². The largest absolute Gasteiger partial charge is 0.343 e. The Bertz CT molecular complexity index is 689. The molecule has 0 N–H and O–H groups in total. The summed E-state index contributed by atoms with van der Waals surface area (Å²) in [5.74, 6) is -0.738. The molecule has 118 valence electrons. The Morgan fingerprint density at radius 3 is 2.30 bits per heavy atom. The molecule has 1 saturated heterocycles. The van der Waals surface area contributed by atoms with E-state index in [1.165, 1.54) is 12.1 Å². The standard InChI is InChI=1S/C18H17NO4/c20-19(21)17-10-8-15(9-11-17)5-4-12-18(22-13-14-23-18)16-6-2-1-3-7-16/h1-11H,12-14H2/b5-4+. The molecule has 0 saturated carbocycles. The van der Waals surface area contributed by atoms with Crippen LogP contribution in [0.25, 0.3) is 6.08 Å². The lowest BCUT2D eigenvalue weighted by Gasteiger charge is -2.26. The predicted octanol–water partition coefficient (Wildman–Crippen LogP) is 3.90. The lowest BCUT2D eigenvalue weighted by Crippen LogP contribution is -2.26. The Morgan fingerprint density at radius 2 is 1.70 bits per heavy atom. The lowest BCUT2D eigenvalue weighted by molar-refractivity contribution is -0.384. The van der Waals surface area contributed by atoms with Gasteiger partial charge in [0.05, 0.1) is 18.1 Å². The second-order valence-corrected chi connectivity index (χ2v) is 5.27. The fourth-order valence-electron chi connectivity index (χ4n) is 2.61. The smallest absolute Gasteiger partial charge is 0.269 e. The lowest BCUT2D eigenvalue weighted by atomic mass is 10.0. The molecule has 5 nitrogen and oxygen atoms in total. The van der Waals surface area contributed by atoms with E-state index in [0.717, 1.165) is 11.1 Å². The van der Waals surface area contributed by atoms with Crippen LogP contribution in [0.15, 0.2) is 60.7 Å². The first-order valence-corrected chi connectivity index (χ1v) is 7.44. The van der Waals surface area contributed by atoms with Gasteiger partial charge in [-0.25, -0.2) is 0 Å². The van der Waals surface area contributed by atoms with Gasteiger partial charge < -0.3 is 9.47 Å². The van der Waals surface area contributed by atoms with Crippen molar-refractivity contribution < 1.29 is 14.4 Å². The number of nitro benzene ring substituents is 1. The van der Waals surface area contributed by atoms with E-state index in [-0.39, 0.29) is 5.69 Å². The van der Waals surface area contributed by atoms with Gasteiger partial charge in [-0.1, -0.05) is 42.5 Å². The first-order valence-electron chi connectivity index (χ1n) is 7.44. The van der Waals surface area contributed by atoms with E-state index >= 15 is 0 Å². The van der Waals surface area contributed by atoms with Gasteiger partial charge in [-0.05, 0) is 17.7 Å². The van der Waals surface area contributed by atoms with E-state index in [4.69, 9.17) is 9.47 Å². The maximum atomic E-state index is 10.7. The number of rotatable bonds is 5. The van der Waals surface area contributed by atoms with Crippen LogP contribution >= 0.6 is 0 Å². The number of benzene rings is 2. The molecule has 23 heavy (non-hydrogen) atoms. The van der Waals surface area contributed by atoms with Crippen molar-refractivity contribution in [3.63, 3.8) is 0 Å². The Morgan fingerprint density at radius 1 is 1.04 bits per heavy atom. The van der Waals surface area contributed by atoms with E-state index in [9.17, 15) is 10.1 Å². The average Bonchev–Trinajstić information content (AvgIpc) is 3.06. The van der Waals surface area contributed by atoms with Crippen molar-refractivity contribution in [1.82, 2.24) is 0 Å². The van der Waals surface area contributed by atoms with Crippen molar-refractivity contribution in [3.8, 4) is 0 Å². The Hall–Kier alpha value is -2.50. The van der Waals surface area contributed by atoms with Gasteiger partial charge in [-0.3, -0.25) is 10.1 Å². The van der Waals surface area contributed by atoms with Crippen molar-refractivity contribution in [3.05, 3.63) is 81.9 Å². The van der Waals surface area contributed by atoms with Crippen LogP contribution in [0.4, 0.5) is 5.69 Å². The number of hydrogen-bond donors (Lipinski definition) is 0. The maximum absolute atomic E-state index is 10.7. The summed E-state index contributed by atoms with van der Waals surface area (Å²) >= 11 is 0.